The molecule has 0 aliphatic heterocycles. The van der Waals surface area contributed by atoms with Gasteiger partial charge in [-0.05, 0) is 6.92 Å². The van der Waals surface area contributed by atoms with E-state index in [0.717, 1.165) is 0 Å². The molecule has 0 heteroatoms. The average molecular weight is 235 g/mol. The van der Waals surface area contributed by atoms with Gasteiger partial charge in [0.05, 0.1) is 0 Å². The molecule has 0 aliphatic rings. The zero-order valence-corrected chi connectivity index (χ0v) is 14.8. The summed E-state index contributed by atoms with van der Waals surface area (Å²) in [6, 6.07) is 0. The second-order valence-corrected chi connectivity index (χ2v) is 0.996. The largest absolute Gasteiger partial charge is 0.120 e. The lowest BCUT2D eigenvalue weighted by atomic mass is 10.6. The Bertz CT molecular complexity index is 29.8. The highest BCUT2D eigenvalue weighted by Crippen LogP contribution is 1.56. The van der Waals surface area contributed by atoms with E-state index in [1.165, 1.54) is 6.42 Å². The van der Waals surface area contributed by atoms with E-state index in [1.54, 1.807) is 6.92 Å². The zero-order chi connectivity index (χ0) is 15.4. The van der Waals surface area contributed by atoms with Crippen LogP contribution in [0.3, 0.4) is 0 Å². The molecule has 0 radical (unpaired) electrons. The predicted molar refractivity (Wildman–Crippen MR) is 87.2 cm³/mol. The molecule has 16 heavy (non-hydrogen) atoms. The molecule has 0 rings (SSSR count). The predicted octanol–water partition coefficient (Wildman–Crippen LogP) is 7.19. The van der Waals surface area contributed by atoms with Gasteiger partial charge in [0.2, 0.25) is 0 Å². The molecular weight excluding hydrogens is 192 g/mol. The fraction of sp³-hybridized carbons (Fsp3) is 0.875. The molecule has 0 spiro atoms. The summed E-state index contributed by atoms with van der Waals surface area (Å²) in [5, 5.41) is 0. The van der Waals surface area contributed by atoms with Crippen LogP contribution in [0.1, 0.15) is 96.4 Å². The Hall–Kier alpha value is -0.440. The first-order chi connectivity index (χ1) is 7.83. The Balaban J connectivity index is -0.0000000120. The van der Waals surface area contributed by atoms with Crippen LogP contribution in [0.5, 0.6) is 0 Å². The van der Waals surface area contributed by atoms with Crippen molar-refractivity contribution in [3.05, 3.63) is 0 Å². The highest BCUT2D eigenvalue weighted by molar-refractivity contribution is 4.73. The normalized spacial score (nSPS) is 3.50. The lowest BCUT2D eigenvalue weighted by Gasteiger charge is -1.48. The Kier molecular flexibility index (Phi) is 3100. The summed E-state index contributed by atoms with van der Waals surface area (Å²) in [6.45, 7) is 25.9. The topological polar surface area (TPSA) is 0 Å². The summed E-state index contributed by atoms with van der Waals surface area (Å²) in [4.78, 5) is 0. The van der Waals surface area contributed by atoms with Gasteiger partial charge in [-0.2, -0.15) is 0 Å². The van der Waals surface area contributed by atoms with E-state index in [2.05, 4.69) is 26.2 Å². The maximum Gasteiger partial charge on any atom is -0.00297 e. The van der Waals surface area contributed by atoms with Gasteiger partial charge >= 0.3 is 0 Å². The number of rotatable bonds is 0. The summed E-state index contributed by atoms with van der Waals surface area (Å²) < 4.78 is 0. The molecule has 0 saturated carbocycles. The second-order valence-electron chi connectivity index (χ2n) is 0.996. The molecule has 106 valence electrons. The summed E-state index contributed by atoms with van der Waals surface area (Å²) >= 11 is 0. The highest BCUT2D eigenvalue weighted by Gasteiger charge is 1.35. The monoisotopic (exact) mass is 234 g/mol. The fourth-order valence-electron chi connectivity index (χ4n) is 0. The quantitative estimate of drug-likeness (QED) is 0.389. The van der Waals surface area contributed by atoms with Crippen molar-refractivity contribution in [2.45, 2.75) is 96.4 Å². The van der Waals surface area contributed by atoms with E-state index in [0.29, 0.717) is 0 Å². The fourth-order valence-corrected chi connectivity index (χ4v) is 0. The van der Waals surface area contributed by atoms with Crippen molar-refractivity contribution in [3.63, 3.8) is 0 Å². The highest BCUT2D eigenvalue weighted by atomic mass is 13.4. The van der Waals surface area contributed by atoms with E-state index in [-0.39, 0.29) is 0 Å². The van der Waals surface area contributed by atoms with Crippen molar-refractivity contribution in [2.75, 3.05) is 0 Å². The lowest BCUT2D eigenvalue weighted by molar-refractivity contribution is 1.09. The van der Waals surface area contributed by atoms with Crippen LogP contribution in [0.25, 0.3) is 0 Å². The van der Waals surface area contributed by atoms with Crippen LogP contribution in [-0.2, 0) is 0 Å². The van der Waals surface area contributed by atoms with E-state index in [4.69, 9.17) is 0 Å². The number of terminal acetylenes is 1. The van der Waals surface area contributed by atoms with Crippen molar-refractivity contribution in [1.29, 1.82) is 0 Å². The van der Waals surface area contributed by atoms with Crippen molar-refractivity contribution in [2.24, 2.45) is 0 Å². The van der Waals surface area contributed by atoms with E-state index < -0.39 is 0 Å². The molecule has 0 heterocycles. The van der Waals surface area contributed by atoms with Crippen molar-refractivity contribution < 1.29 is 0 Å². The van der Waals surface area contributed by atoms with Gasteiger partial charge in [-0.25, -0.2) is 0 Å². The van der Waals surface area contributed by atoms with Crippen LogP contribution in [0, 0.1) is 12.3 Å². The lowest BCUT2D eigenvalue weighted by Crippen LogP contribution is -1.27. The molecule has 0 aromatic carbocycles. The maximum atomic E-state index is 4.60. The van der Waals surface area contributed by atoms with Crippen LogP contribution < -0.4 is 0 Å². The first-order valence-electron chi connectivity index (χ1n) is 7.20. The molecule has 0 fully saturated rings. The number of hydrogen-bond acceptors (Lipinski definition) is 0. The van der Waals surface area contributed by atoms with Crippen LogP contribution in [-0.4, -0.2) is 0 Å². The molecule has 0 N–H and O–H groups in total. The molecule has 0 atom stereocenters. The van der Waals surface area contributed by atoms with Gasteiger partial charge in [0.15, 0.2) is 0 Å². The Morgan fingerprint density at radius 3 is 0.625 bits per heavy atom. The third kappa shape index (κ3) is 11000. The van der Waals surface area contributed by atoms with Crippen LogP contribution in [0.4, 0.5) is 0 Å². The van der Waals surface area contributed by atoms with Gasteiger partial charge in [-0.15, -0.1) is 12.3 Å². The van der Waals surface area contributed by atoms with Crippen molar-refractivity contribution >= 4 is 0 Å². The molecule has 0 aromatic heterocycles. The average Bonchev–Trinajstić information content (AvgIpc) is 2.42. The van der Waals surface area contributed by atoms with Gasteiger partial charge in [0.1, 0.15) is 0 Å². The molecular formula is C16H42. The zero-order valence-electron chi connectivity index (χ0n) is 14.8. The molecule has 0 aromatic rings. The number of hydrogen-bond donors (Lipinski definition) is 0. The standard InChI is InChI=1S/C3H8.C3H4.5C2H6/c2*1-3-2;5*1-2/h3H2,1-2H3;1H,2H3;5*1-2H3. The minimum Gasteiger partial charge on any atom is -0.120 e. The molecule has 0 bridgehead atoms. The summed E-state index contributed by atoms with van der Waals surface area (Å²) in [7, 11) is 0. The third-order valence-electron chi connectivity index (χ3n) is 0. The van der Waals surface area contributed by atoms with Gasteiger partial charge in [-0.3, -0.25) is 0 Å². The Labute approximate surface area is 109 Å². The minimum absolute atomic E-state index is 1.25. The first-order valence-corrected chi connectivity index (χ1v) is 7.20. The minimum atomic E-state index is 1.25. The molecule has 0 amide bonds. The smallest absolute Gasteiger partial charge is 0.00297 e. The van der Waals surface area contributed by atoms with E-state index >= 15 is 0 Å². The third-order valence-corrected chi connectivity index (χ3v) is 0. The van der Waals surface area contributed by atoms with E-state index in [9.17, 15) is 0 Å². The molecule has 0 saturated heterocycles. The molecule has 0 aliphatic carbocycles. The van der Waals surface area contributed by atoms with Crippen molar-refractivity contribution in [3.8, 4) is 12.3 Å². The van der Waals surface area contributed by atoms with E-state index in [1.807, 2.05) is 69.2 Å². The Morgan fingerprint density at radius 1 is 0.625 bits per heavy atom. The Morgan fingerprint density at radius 2 is 0.625 bits per heavy atom. The summed E-state index contributed by atoms with van der Waals surface area (Å²) in [5.41, 5.74) is 0. The van der Waals surface area contributed by atoms with Gasteiger partial charge in [0, 0.05) is 0 Å². The molecule has 0 nitrogen and oxygen atoms in total. The first kappa shape index (κ1) is 45.0. The van der Waals surface area contributed by atoms with Gasteiger partial charge < -0.3 is 0 Å². The summed E-state index contributed by atoms with van der Waals surface area (Å²) in [6.07, 6.45) is 5.85. The summed E-state index contributed by atoms with van der Waals surface area (Å²) in [5.74, 6) is 2.25. The van der Waals surface area contributed by atoms with Gasteiger partial charge in [0.25, 0.3) is 0 Å². The van der Waals surface area contributed by atoms with Crippen LogP contribution in [0.15, 0.2) is 0 Å². The SMILES string of the molecule is C#CC.CC.CC.CC.CC.CC.CCC. The van der Waals surface area contributed by atoms with Crippen LogP contribution >= 0.6 is 0 Å². The molecule has 0 unspecified atom stereocenters. The van der Waals surface area contributed by atoms with Gasteiger partial charge in [-0.1, -0.05) is 89.5 Å². The second kappa shape index (κ2) is 1100. The maximum absolute atomic E-state index is 4.60. The van der Waals surface area contributed by atoms with Crippen molar-refractivity contribution in [1.82, 2.24) is 0 Å². The van der Waals surface area contributed by atoms with Crippen LogP contribution in [0.2, 0.25) is 0 Å².